The first kappa shape index (κ1) is 15.4. The van der Waals surface area contributed by atoms with Crippen LogP contribution in [0.15, 0.2) is 39.2 Å². The van der Waals surface area contributed by atoms with Gasteiger partial charge in [0, 0.05) is 5.56 Å². The van der Waals surface area contributed by atoms with Crippen LogP contribution in [0.4, 0.5) is 4.79 Å². The molecule has 1 N–H and O–H groups in total. The molecule has 3 aromatic rings. The average molecular weight is 339 g/mol. The van der Waals surface area contributed by atoms with E-state index >= 15 is 0 Å². The van der Waals surface area contributed by atoms with Gasteiger partial charge in [0.15, 0.2) is 5.58 Å². The van der Waals surface area contributed by atoms with E-state index in [4.69, 9.17) is 8.83 Å². The number of nitrogens with zero attached hydrogens (tertiary/aromatic N) is 2. The van der Waals surface area contributed by atoms with Gasteiger partial charge in [-0.05, 0) is 39.0 Å². The zero-order valence-electron chi connectivity index (χ0n) is 14.1. The Labute approximate surface area is 143 Å². The first-order chi connectivity index (χ1) is 11.9. The van der Waals surface area contributed by atoms with Gasteiger partial charge in [-0.15, -0.1) is 0 Å². The Hall–Kier alpha value is -3.09. The van der Waals surface area contributed by atoms with Gasteiger partial charge in [0.1, 0.15) is 29.1 Å². The summed E-state index contributed by atoms with van der Waals surface area (Å²) in [6.45, 7) is 5.23. The van der Waals surface area contributed by atoms with Crippen molar-refractivity contribution < 1.29 is 18.4 Å². The average Bonchev–Trinajstić information content (AvgIpc) is 3.19. The molecule has 3 heterocycles. The van der Waals surface area contributed by atoms with Gasteiger partial charge in [-0.1, -0.05) is 12.1 Å². The molecule has 1 atom stereocenters. The molecule has 7 nitrogen and oxygen atoms in total. The van der Waals surface area contributed by atoms with Crippen LogP contribution in [0.5, 0.6) is 0 Å². The summed E-state index contributed by atoms with van der Waals surface area (Å²) < 4.78 is 11.1. The molecular weight excluding hydrogens is 322 g/mol. The van der Waals surface area contributed by atoms with E-state index in [2.05, 4.69) is 10.3 Å². The minimum Gasteiger partial charge on any atom is -0.466 e. The van der Waals surface area contributed by atoms with Crippen LogP contribution in [0.2, 0.25) is 0 Å². The normalized spacial score (nSPS) is 20.5. The zero-order valence-corrected chi connectivity index (χ0v) is 14.1. The summed E-state index contributed by atoms with van der Waals surface area (Å²) >= 11 is 0. The third-order valence-electron chi connectivity index (χ3n) is 4.49. The van der Waals surface area contributed by atoms with Gasteiger partial charge in [0.05, 0.1) is 0 Å². The fraction of sp³-hybridized carbons (Fsp3) is 0.278. The molecule has 0 radical (unpaired) electrons. The number of furan rings is 1. The van der Waals surface area contributed by atoms with Crippen LogP contribution in [-0.2, 0) is 16.9 Å². The van der Waals surface area contributed by atoms with Crippen LogP contribution < -0.4 is 5.32 Å². The van der Waals surface area contributed by atoms with Crippen LogP contribution >= 0.6 is 0 Å². The van der Waals surface area contributed by atoms with E-state index in [0.29, 0.717) is 34.1 Å². The molecule has 0 saturated carbocycles. The SMILES string of the molecule is Cc1cc([C@@]2(C)NC(=O)N(Cc3nc4ccccc4o3)C2=O)c(C)o1. The predicted octanol–water partition coefficient (Wildman–Crippen LogP) is 3.00. The lowest BCUT2D eigenvalue weighted by Crippen LogP contribution is -2.41. The Balaban J connectivity index is 1.66. The van der Waals surface area contributed by atoms with Crippen molar-refractivity contribution in [3.05, 3.63) is 53.3 Å². The topological polar surface area (TPSA) is 88.6 Å². The van der Waals surface area contributed by atoms with Gasteiger partial charge < -0.3 is 14.2 Å². The zero-order chi connectivity index (χ0) is 17.8. The Morgan fingerprint density at radius 3 is 2.64 bits per heavy atom. The second-order valence-corrected chi connectivity index (χ2v) is 6.35. The van der Waals surface area contributed by atoms with Crippen molar-refractivity contribution in [2.45, 2.75) is 32.9 Å². The van der Waals surface area contributed by atoms with E-state index in [1.165, 1.54) is 0 Å². The fourth-order valence-corrected chi connectivity index (χ4v) is 3.27. The Kier molecular flexibility index (Phi) is 3.21. The van der Waals surface area contributed by atoms with E-state index in [-0.39, 0.29) is 12.5 Å². The minimum atomic E-state index is -1.16. The molecule has 2 aromatic heterocycles. The summed E-state index contributed by atoms with van der Waals surface area (Å²) in [5.41, 5.74) is 0.802. The van der Waals surface area contributed by atoms with Gasteiger partial charge in [0.25, 0.3) is 5.91 Å². The molecule has 0 bridgehead atoms. The molecule has 1 fully saturated rings. The summed E-state index contributed by atoms with van der Waals surface area (Å²) in [6, 6.07) is 8.59. The van der Waals surface area contributed by atoms with Gasteiger partial charge in [0.2, 0.25) is 5.89 Å². The number of oxazole rings is 1. The molecule has 0 aliphatic carbocycles. The molecule has 1 aliphatic rings. The monoisotopic (exact) mass is 339 g/mol. The number of rotatable bonds is 3. The van der Waals surface area contributed by atoms with E-state index in [1.807, 2.05) is 18.2 Å². The van der Waals surface area contributed by atoms with Gasteiger partial charge in [-0.3, -0.25) is 9.69 Å². The summed E-state index contributed by atoms with van der Waals surface area (Å²) in [5, 5.41) is 2.76. The van der Waals surface area contributed by atoms with Crippen molar-refractivity contribution in [2.24, 2.45) is 0 Å². The maximum Gasteiger partial charge on any atom is 0.325 e. The van der Waals surface area contributed by atoms with Crippen molar-refractivity contribution in [1.29, 1.82) is 0 Å². The van der Waals surface area contributed by atoms with E-state index in [0.717, 1.165) is 4.90 Å². The first-order valence-electron chi connectivity index (χ1n) is 7.94. The molecule has 0 unspecified atom stereocenters. The number of hydrogen-bond donors (Lipinski definition) is 1. The lowest BCUT2D eigenvalue weighted by Gasteiger charge is -2.20. The van der Waals surface area contributed by atoms with Crippen LogP contribution in [0.1, 0.15) is 29.9 Å². The standard InChI is InChI=1S/C18H17N3O4/c1-10-8-12(11(2)24-10)18(3)16(22)21(17(23)20-18)9-15-19-13-6-4-5-7-14(13)25-15/h4-8H,9H2,1-3H3,(H,20,23)/t18-/m1/s1. The first-order valence-corrected chi connectivity index (χ1v) is 7.94. The maximum atomic E-state index is 13.0. The molecule has 7 heteroatoms. The molecule has 4 rings (SSSR count). The van der Waals surface area contributed by atoms with Gasteiger partial charge >= 0.3 is 6.03 Å². The number of benzene rings is 1. The summed E-state index contributed by atoms with van der Waals surface area (Å²) in [4.78, 5) is 30.8. The lowest BCUT2D eigenvalue weighted by atomic mass is 9.92. The Morgan fingerprint density at radius 1 is 1.20 bits per heavy atom. The lowest BCUT2D eigenvalue weighted by molar-refractivity contribution is -0.131. The quantitative estimate of drug-likeness (QED) is 0.741. The number of aryl methyl sites for hydroxylation is 2. The third kappa shape index (κ3) is 2.31. The number of aromatic nitrogens is 1. The Bertz CT molecular complexity index is 970. The number of urea groups is 1. The second-order valence-electron chi connectivity index (χ2n) is 6.35. The van der Waals surface area contributed by atoms with E-state index in [9.17, 15) is 9.59 Å². The van der Waals surface area contributed by atoms with Crippen LogP contribution in [-0.4, -0.2) is 21.8 Å². The highest BCUT2D eigenvalue weighted by Gasteiger charge is 2.50. The third-order valence-corrected chi connectivity index (χ3v) is 4.49. The van der Waals surface area contributed by atoms with Gasteiger partial charge in [-0.25, -0.2) is 9.78 Å². The smallest absolute Gasteiger partial charge is 0.325 e. The Morgan fingerprint density at radius 2 is 1.96 bits per heavy atom. The fourth-order valence-electron chi connectivity index (χ4n) is 3.27. The van der Waals surface area contributed by atoms with Crippen LogP contribution in [0.3, 0.4) is 0 Å². The number of carbonyl (C=O) groups is 2. The summed E-state index contributed by atoms with van der Waals surface area (Å²) in [5.74, 6) is 1.25. The van der Waals surface area contributed by atoms with Crippen molar-refractivity contribution in [1.82, 2.24) is 15.2 Å². The van der Waals surface area contributed by atoms with Crippen molar-refractivity contribution in [2.75, 3.05) is 0 Å². The second kappa shape index (κ2) is 5.20. The largest absolute Gasteiger partial charge is 0.466 e. The number of hydrogen-bond acceptors (Lipinski definition) is 5. The molecule has 1 aromatic carbocycles. The molecule has 1 saturated heterocycles. The number of carbonyl (C=O) groups excluding carboxylic acids is 2. The molecule has 25 heavy (non-hydrogen) atoms. The van der Waals surface area contributed by atoms with Gasteiger partial charge in [-0.2, -0.15) is 0 Å². The minimum absolute atomic E-state index is 0.0230. The number of fused-ring (bicyclic) bond motifs is 1. The predicted molar refractivity (Wildman–Crippen MR) is 88.6 cm³/mol. The highest BCUT2D eigenvalue weighted by atomic mass is 16.4. The van der Waals surface area contributed by atoms with E-state index < -0.39 is 11.6 Å². The number of amides is 3. The molecule has 0 spiro atoms. The van der Waals surface area contributed by atoms with Crippen molar-refractivity contribution in [3.63, 3.8) is 0 Å². The molecular formula is C18H17N3O4. The molecule has 3 amide bonds. The number of para-hydroxylation sites is 2. The summed E-state index contributed by atoms with van der Waals surface area (Å²) in [7, 11) is 0. The van der Waals surface area contributed by atoms with Crippen molar-refractivity contribution in [3.8, 4) is 0 Å². The van der Waals surface area contributed by atoms with Crippen LogP contribution in [0.25, 0.3) is 11.1 Å². The summed E-state index contributed by atoms with van der Waals surface area (Å²) in [6.07, 6.45) is 0. The van der Waals surface area contributed by atoms with E-state index in [1.54, 1.807) is 32.9 Å². The number of imide groups is 1. The number of nitrogens with one attached hydrogen (secondary N) is 1. The molecule has 1 aliphatic heterocycles. The molecule has 128 valence electrons. The van der Waals surface area contributed by atoms with Crippen molar-refractivity contribution >= 4 is 23.0 Å². The maximum absolute atomic E-state index is 13.0. The highest BCUT2D eigenvalue weighted by molar-refractivity contribution is 6.07. The highest BCUT2D eigenvalue weighted by Crippen LogP contribution is 2.33. The van der Waals surface area contributed by atoms with Crippen LogP contribution in [0, 0.1) is 13.8 Å².